The molecular weight excluding hydrogens is 258 g/mol. The molecule has 0 saturated heterocycles. The van der Waals surface area contributed by atoms with Crippen LogP contribution in [0, 0.1) is 0 Å². The first kappa shape index (κ1) is 14.6. The van der Waals surface area contributed by atoms with E-state index in [0.29, 0.717) is 22.2 Å². The summed E-state index contributed by atoms with van der Waals surface area (Å²) >= 11 is 6.04. The van der Waals surface area contributed by atoms with Gasteiger partial charge in [-0.05, 0) is 6.92 Å². The molecular formula is C12H16ClNO4. The summed E-state index contributed by atoms with van der Waals surface area (Å²) in [4.78, 5) is 11.7. The smallest absolute Gasteiger partial charge is 0.253 e. The molecule has 0 spiro atoms. The van der Waals surface area contributed by atoms with Crippen molar-refractivity contribution in [2.24, 2.45) is 0 Å². The molecule has 0 bridgehead atoms. The molecule has 0 saturated carbocycles. The Labute approximate surface area is 111 Å². The van der Waals surface area contributed by atoms with Gasteiger partial charge in [-0.25, -0.2) is 0 Å². The molecule has 0 aliphatic heterocycles. The molecule has 1 aromatic carbocycles. The fourth-order valence-corrected chi connectivity index (χ4v) is 1.49. The van der Waals surface area contributed by atoms with Gasteiger partial charge in [0.2, 0.25) is 0 Å². The molecule has 1 atom stereocenters. The van der Waals surface area contributed by atoms with Gasteiger partial charge in [-0.2, -0.15) is 0 Å². The summed E-state index contributed by atoms with van der Waals surface area (Å²) in [5.74, 6) is 0.703. The summed E-state index contributed by atoms with van der Waals surface area (Å²) in [7, 11) is 4.48. The lowest BCUT2D eigenvalue weighted by molar-refractivity contribution is -0.124. The summed E-state index contributed by atoms with van der Waals surface area (Å²) in [5, 5.41) is 3.02. The van der Waals surface area contributed by atoms with E-state index >= 15 is 0 Å². The number of methoxy groups -OCH3 is 3. The quantitative estimate of drug-likeness (QED) is 0.895. The minimum absolute atomic E-state index is 0.286. The fourth-order valence-electron chi connectivity index (χ4n) is 1.29. The predicted octanol–water partition coefficient (Wildman–Crippen LogP) is 2.33. The highest BCUT2D eigenvalue weighted by molar-refractivity contribution is 6.34. The highest BCUT2D eigenvalue weighted by atomic mass is 35.5. The maximum atomic E-state index is 11.7. The van der Waals surface area contributed by atoms with Gasteiger partial charge in [-0.15, -0.1) is 0 Å². The van der Waals surface area contributed by atoms with Crippen molar-refractivity contribution in [3.63, 3.8) is 0 Å². The highest BCUT2D eigenvalue weighted by Gasteiger charge is 2.15. The zero-order valence-corrected chi connectivity index (χ0v) is 11.5. The SMILES string of the molecule is COc1cc(Cl)c(NC(=O)C(C)OC)cc1OC. The van der Waals surface area contributed by atoms with Crippen molar-refractivity contribution < 1.29 is 19.0 Å². The Hall–Kier alpha value is -1.46. The van der Waals surface area contributed by atoms with Gasteiger partial charge in [-0.1, -0.05) is 11.6 Å². The molecule has 18 heavy (non-hydrogen) atoms. The van der Waals surface area contributed by atoms with E-state index in [4.69, 9.17) is 25.8 Å². The van der Waals surface area contributed by atoms with Gasteiger partial charge in [0.25, 0.3) is 5.91 Å². The zero-order valence-electron chi connectivity index (χ0n) is 10.7. The Morgan fingerprint density at radius 2 is 1.78 bits per heavy atom. The van der Waals surface area contributed by atoms with Crippen molar-refractivity contribution in [3.05, 3.63) is 17.2 Å². The third-order valence-corrected chi connectivity index (χ3v) is 2.77. The fraction of sp³-hybridized carbons (Fsp3) is 0.417. The lowest BCUT2D eigenvalue weighted by Crippen LogP contribution is -2.26. The number of halogens is 1. The monoisotopic (exact) mass is 273 g/mol. The van der Waals surface area contributed by atoms with Gasteiger partial charge < -0.3 is 19.5 Å². The first-order valence-corrected chi connectivity index (χ1v) is 5.66. The molecule has 100 valence electrons. The maximum Gasteiger partial charge on any atom is 0.253 e. The van der Waals surface area contributed by atoms with Crippen molar-refractivity contribution in [1.82, 2.24) is 0 Å². The van der Waals surface area contributed by atoms with Crippen molar-refractivity contribution in [3.8, 4) is 11.5 Å². The van der Waals surface area contributed by atoms with Gasteiger partial charge in [-0.3, -0.25) is 4.79 Å². The van der Waals surface area contributed by atoms with Crippen LogP contribution < -0.4 is 14.8 Å². The number of carbonyl (C=O) groups is 1. The Kier molecular flexibility index (Phi) is 5.25. The predicted molar refractivity (Wildman–Crippen MR) is 69.7 cm³/mol. The first-order valence-electron chi connectivity index (χ1n) is 5.28. The number of hydrogen-bond acceptors (Lipinski definition) is 4. The van der Waals surface area contributed by atoms with Crippen LogP contribution in [-0.2, 0) is 9.53 Å². The molecule has 0 fully saturated rings. The third-order valence-electron chi connectivity index (χ3n) is 2.45. The van der Waals surface area contributed by atoms with E-state index in [-0.39, 0.29) is 5.91 Å². The second-order valence-corrected chi connectivity index (χ2v) is 3.96. The molecule has 0 aromatic heterocycles. The summed E-state index contributed by atoms with van der Waals surface area (Å²) in [5.41, 5.74) is 0.447. The van der Waals surface area contributed by atoms with Crippen LogP contribution in [0.3, 0.4) is 0 Å². The summed E-state index contributed by atoms with van der Waals surface area (Å²) in [6, 6.07) is 3.18. The van der Waals surface area contributed by atoms with Crippen molar-refractivity contribution >= 4 is 23.2 Å². The molecule has 0 radical (unpaired) electrons. The van der Waals surface area contributed by atoms with E-state index < -0.39 is 6.10 Å². The largest absolute Gasteiger partial charge is 0.493 e. The molecule has 0 aliphatic carbocycles. The van der Waals surface area contributed by atoms with E-state index in [2.05, 4.69) is 5.32 Å². The van der Waals surface area contributed by atoms with Gasteiger partial charge in [0.1, 0.15) is 6.10 Å². The zero-order chi connectivity index (χ0) is 13.7. The highest BCUT2D eigenvalue weighted by Crippen LogP contribution is 2.36. The van der Waals surface area contributed by atoms with Crippen LogP contribution in [-0.4, -0.2) is 33.3 Å². The Morgan fingerprint density at radius 3 is 2.28 bits per heavy atom. The van der Waals surface area contributed by atoms with Crippen molar-refractivity contribution in [2.45, 2.75) is 13.0 Å². The van der Waals surface area contributed by atoms with Crippen LogP contribution in [0.25, 0.3) is 0 Å². The Morgan fingerprint density at radius 1 is 1.22 bits per heavy atom. The number of ether oxygens (including phenoxy) is 3. The van der Waals surface area contributed by atoms with Gasteiger partial charge in [0.05, 0.1) is 24.9 Å². The van der Waals surface area contributed by atoms with Crippen LogP contribution >= 0.6 is 11.6 Å². The van der Waals surface area contributed by atoms with E-state index in [9.17, 15) is 4.79 Å². The van der Waals surface area contributed by atoms with E-state index in [1.807, 2.05) is 0 Å². The Balaban J connectivity index is 2.99. The molecule has 1 aromatic rings. The van der Waals surface area contributed by atoms with E-state index in [0.717, 1.165) is 0 Å². The minimum atomic E-state index is -0.561. The number of rotatable bonds is 5. The molecule has 0 aliphatic rings. The van der Waals surface area contributed by atoms with Gasteiger partial charge in [0.15, 0.2) is 11.5 Å². The van der Waals surface area contributed by atoms with E-state index in [1.165, 1.54) is 21.3 Å². The summed E-state index contributed by atoms with van der Waals surface area (Å²) < 4.78 is 15.1. The van der Waals surface area contributed by atoms with E-state index in [1.54, 1.807) is 19.1 Å². The molecule has 6 heteroatoms. The molecule has 1 amide bonds. The number of amides is 1. The number of benzene rings is 1. The Bertz CT molecular complexity index is 436. The van der Waals surface area contributed by atoms with Crippen LogP contribution in [0.2, 0.25) is 5.02 Å². The second-order valence-electron chi connectivity index (χ2n) is 3.55. The van der Waals surface area contributed by atoms with Gasteiger partial charge >= 0.3 is 0 Å². The van der Waals surface area contributed by atoms with Crippen LogP contribution in [0.5, 0.6) is 11.5 Å². The molecule has 0 heterocycles. The normalized spacial score (nSPS) is 11.8. The van der Waals surface area contributed by atoms with Crippen LogP contribution in [0.4, 0.5) is 5.69 Å². The van der Waals surface area contributed by atoms with Crippen molar-refractivity contribution in [1.29, 1.82) is 0 Å². The lowest BCUT2D eigenvalue weighted by atomic mass is 10.2. The summed E-state index contributed by atoms with van der Waals surface area (Å²) in [6.45, 7) is 1.64. The average molecular weight is 274 g/mol. The molecule has 1 rings (SSSR count). The topological polar surface area (TPSA) is 56.8 Å². The maximum absolute atomic E-state index is 11.7. The van der Waals surface area contributed by atoms with Crippen LogP contribution in [0.1, 0.15) is 6.92 Å². The van der Waals surface area contributed by atoms with Gasteiger partial charge in [0, 0.05) is 19.2 Å². The first-order chi connectivity index (χ1) is 8.53. The van der Waals surface area contributed by atoms with Crippen molar-refractivity contribution in [2.75, 3.05) is 26.6 Å². The standard InChI is InChI=1S/C12H16ClNO4/c1-7(16-2)12(15)14-9-6-11(18-4)10(17-3)5-8(9)13/h5-7H,1-4H3,(H,14,15). The lowest BCUT2D eigenvalue weighted by Gasteiger charge is -2.14. The average Bonchev–Trinajstić information content (AvgIpc) is 2.39. The number of hydrogen-bond donors (Lipinski definition) is 1. The molecule has 1 N–H and O–H groups in total. The molecule has 1 unspecified atom stereocenters. The number of anilines is 1. The minimum Gasteiger partial charge on any atom is -0.493 e. The summed E-state index contributed by atoms with van der Waals surface area (Å²) in [6.07, 6.45) is -0.561. The third kappa shape index (κ3) is 3.27. The second kappa shape index (κ2) is 6.47. The number of carbonyl (C=O) groups excluding carboxylic acids is 1. The molecule has 5 nitrogen and oxygen atoms in total. The van der Waals surface area contributed by atoms with Crippen LogP contribution in [0.15, 0.2) is 12.1 Å². The number of nitrogens with one attached hydrogen (secondary N) is 1.